The number of hydrogen-bond acceptors (Lipinski definition) is 3. The second-order valence-electron chi connectivity index (χ2n) is 4.93. The largest absolute Gasteiger partial charge is 0.455 e. The van der Waals surface area contributed by atoms with Crippen molar-refractivity contribution in [2.75, 3.05) is 6.54 Å². The molecule has 1 aromatic heterocycles. The molecule has 1 fully saturated rings. The Bertz CT molecular complexity index is 414. The van der Waals surface area contributed by atoms with E-state index in [1.165, 1.54) is 6.07 Å². The molecule has 18 heavy (non-hydrogen) atoms. The summed E-state index contributed by atoms with van der Waals surface area (Å²) in [4.78, 5) is 2.07. The van der Waals surface area contributed by atoms with Crippen molar-refractivity contribution in [3.05, 3.63) is 23.7 Å². The van der Waals surface area contributed by atoms with Crippen molar-refractivity contribution in [3.63, 3.8) is 0 Å². The van der Waals surface area contributed by atoms with Crippen LogP contribution in [-0.2, 0) is 6.18 Å². The normalized spacial score (nSPS) is 26.2. The average Bonchev–Trinajstić information content (AvgIpc) is 2.81. The first-order valence-corrected chi connectivity index (χ1v) is 5.99. The Morgan fingerprint density at radius 1 is 1.39 bits per heavy atom. The summed E-state index contributed by atoms with van der Waals surface area (Å²) in [6, 6.07) is 2.14. The molecule has 1 aromatic rings. The van der Waals surface area contributed by atoms with Gasteiger partial charge in [0.25, 0.3) is 0 Å². The van der Waals surface area contributed by atoms with Crippen LogP contribution < -0.4 is 5.73 Å². The Morgan fingerprint density at radius 3 is 2.56 bits per heavy atom. The van der Waals surface area contributed by atoms with Gasteiger partial charge in [-0.2, -0.15) is 13.2 Å². The zero-order valence-electron chi connectivity index (χ0n) is 10.4. The third kappa shape index (κ3) is 2.40. The van der Waals surface area contributed by atoms with Crippen molar-refractivity contribution in [1.82, 2.24) is 4.90 Å². The van der Waals surface area contributed by atoms with Crippen LogP contribution in [0.3, 0.4) is 0 Å². The number of halogens is 3. The standard InChI is InChI=1S/C12H17F3N2O/c1-7(2)17-6-5-8(16)11(17)9-3-4-10(18-9)12(13,14)15/h3-4,7-8,11H,5-6,16H2,1-2H3/t8-,11-/m0/s1. The first kappa shape index (κ1) is 13.4. The molecule has 1 saturated heterocycles. The van der Waals surface area contributed by atoms with Gasteiger partial charge in [-0.1, -0.05) is 0 Å². The second-order valence-corrected chi connectivity index (χ2v) is 4.93. The summed E-state index contributed by atoms with van der Waals surface area (Å²) in [5.41, 5.74) is 5.97. The highest BCUT2D eigenvalue weighted by atomic mass is 19.4. The first-order valence-electron chi connectivity index (χ1n) is 5.99. The van der Waals surface area contributed by atoms with E-state index in [-0.39, 0.29) is 18.1 Å². The van der Waals surface area contributed by atoms with Crippen LogP contribution in [0.5, 0.6) is 0 Å². The summed E-state index contributed by atoms with van der Waals surface area (Å²) < 4.78 is 42.4. The highest BCUT2D eigenvalue weighted by molar-refractivity contribution is 5.16. The predicted molar refractivity (Wildman–Crippen MR) is 60.9 cm³/mol. The summed E-state index contributed by atoms with van der Waals surface area (Å²) in [5.74, 6) is -0.652. The van der Waals surface area contributed by atoms with Crippen molar-refractivity contribution >= 4 is 0 Å². The Balaban J connectivity index is 2.27. The van der Waals surface area contributed by atoms with Crippen molar-refractivity contribution in [2.24, 2.45) is 5.73 Å². The van der Waals surface area contributed by atoms with Crippen LogP contribution in [0.1, 0.15) is 37.8 Å². The lowest BCUT2D eigenvalue weighted by atomic mass is 10.1. The van der Waals surface area contributed by atoms with E-state index in [0.29, 0.717) is 5.76 Å². The Kier molecular flexibility index (Phi) is 3.42. The van der Waals surface area contributed by atoms with Crippen LogP contribution >= 0.6 is 0 Å². The number of likely N-dealkylation sites (tertiary alicyclic amines) is 1. The zero-order chi connectivity index (χ0) is 13.5. The van der Waals surface area contributed by atoms with Gasteiger partial charge in [0, 0.05) is 18.6 Å². The van der Waals surface area contributed by atoms with Gasteiger partial charge in [-0.05, 0) is 32.4 Å². The zero-order valence-corrected chi connectivity index (χ0v) is 10.4. The minimum atomic E-state index is -4.44. The van der Waals surface area contributed by atoms with Crippen molar-refractivity contribution < 1.29 is 17.6 Å². The Morgan fingerprint density at radius 2 is 2.06 bits per heavy atom. The summed E-state index contributed by atoms with van der Waals surface area (Å²) in [5, 5.41) is 0. The van der Waals surface area contributed by atoms with Gasteiger partial charge in [0.2, 0.25) is 5.76 Å². The van der Waals surface area contributed by atoms with E-state index >= 15 is 0 Å². The second kappa shape index (κ2) is 4.59. The number of furan rings is 1. The van der Waals surface area contributed by atoms with Crippen molar-refractivity contribution in [2.45, 2.75) is 44.6 Å². The summed E-state index contributed by atoms with van der Waals surface area (Å²) in [7, 11) is 0. The highest BCUT2D eigenvalue weighted by Crippen LogP contribution is 2.37. The van der Waals surface area contributed by atoms with Crippen LogP contribution in [0.2, 0.25) is 0 Å². The van der Waals surface area contributed by atoms with E-state index in [2.05, 4.69) is 4.90 Å². The minimum absolute atomic E-state index is 0.181. The van der Waals surface area contributed by atoms with E-state index in [1.807, 2.05) is 13.8 Å². The molecule has 102 valence electrons. The lowest BCUT2D eigenvalue weighted by Gasteiger charge is -2.28. The van der Waals surface area contributed by atoms with Gasteiger partial charge in [0.1, 0.15) is 5.76 Å². The van der Waals surface area contributed by atoms with Crippen LogP contribution in [0.15, 0.2) is 16.5 Å². The number of nitrogens with two attached hydrogens (primary N) is 1. The van der Waals surface area contributed by atoms with Crippen molar-refractivity contribution in [3.8, 4) is 0 Å². The van der Waals surface area contributed by atoms with E-state index in [1.54, 1.807) is 0 Å². The van der Waals surface area contributed by atoms with Crippen LogP contribution in [0.25, 0.3) is 0 Å². The lowest BCUT2D eigenvalue weighted by molar-refractivity contribution is -0.153. The Hall–Kier alpha value is -1.01. The number of rotatable bonds is 2. The van der Waals surface area contributed by atoms with Gasteiger partial charge in [-0.15, -0.1) is 0 Å². The molecule has 0 spiro atoms. The molecule has 3 nitrogen and oxygen atoms in total. The maximum atomic E-state index is 12.5. The molecule has 0 amide bonds. The quantitative estimate of drug-likeness (QED) is 0.891. The third-order valence-electron chi connectivity index (χ3n) is 3.34. The molecule has 2 N–H and O–H groups in total. The van der Waals surface area contributed by atoms with Crippen molar-refractivity contribution in [1.29, 1.82) is 0 Å². The van der Waals surface area contributed by atoms with E-state index in [9.17, 15) is 13.2 Å². The number of hydrogen-bond donors (Lipinski definition) is 1. The molecule has 6 heteroatoms. The fourth-order valence-corrected chi connectivity index (χ4v) is 2.46. The SMILES string of the molecule is CC(C)N1CC[C@H](N)[C@H]1c1ccc(C(F)(F)F)o1. The topological polar surface area (TPSA) is 42.4 Å². The van der Waals surface area contributed by atoms with Crippen LogP contribution in [-0.4, -0.2) is 23.5 Å². The molecule has 1 aliphatic heterocycles. The predicted octanol–water partition coefficient (Wildman–Crippen LogP) is 2.78. The molecule has 0 bridgehead atoms. The highest BCUT2D eigenvalue weighted by Gasteiger charge is 2.40. The molecule has 0 unspecified atom stereocenters. The van der Waals surface area contributed by atoms with Crippen LogP contribution in [0.4, 0.5) is 13.2 Å². The first-order chi connectivity index (χ1) is 8.30. The van der Waals surface area contributed by atoms with Gasteiger partial charge in [-0.25, -0.2) is 0 Å². The lowest BCUT2D eigenvalue weighted by Crippen LogP contribution is -2.35. The van der Waals surface area contributed by atoms with Gasteiger partial charge >= 0.3 is 6.18 Å². The monoisotopic (exact) mass is 262 g/mol. The molecule has 1 aliphatic rings. The molecule has 0 aromatic carbocycles. The maximum Gasteiger partial charge on any atom is 0.449 e. The van der Waals surface area contributed by atoms with Gasteiger partial charge in [-0.3, -0.25) is 4.90 Å². The average molecular weight is 262 g/mol. The number of alkyl halides is 3. The minimum Gasteiger partial charge on any atom is -0.455 e. The third-order valence-corrected chi connectivity index (χ3v) is 3.34. The molecule has 2 rings (SSSR count). The van der Waals surface area contributed by atoms with Gasteiger partial charge in [0.05, 0.1) is 6.04 Å². The number of nitrogens with zero attached hydrogens (tertiary/aromatic N) is 1. The summed E-state index contributed by atoms with van der Waals surface area (Å²) >= 11 is 0. The molecule has 2 atom stereocenters. The molecule has 2 heterocycles. The molecule has 0 saturated carbocycles. The van der Waals surface area contributed by atoms with E-state index in [4.69, 9.17) is 10.2 Å². The van der Waals surface area contributed by atoms with Gasteiger partial charge < -0.3 is 10.2 Å². The fourth-order valence-electron chi connectivity index (χ4n) is 2.46. The summed E-state index contributed by atoms with van der Waals surface area (Å²) in [6.45, 7) is 4.78. The van der Waals surface area contributed by atoms with E-state index in [0.717, 1.165) is 19.0 Å². The molecule has 0 radical (unpaired) electrons. The summed E-state index contributed by atoms with van der Waals surface area (Å²) in [6.07, 6.45) is -3.67. The molecule has 0 aliphatic carbocycles. The molecular weight excluding hydrogens is 245 g/mol. The van der Waals surface area contributed by atoms with E-state index < -0.39 is 11.9 Å². The van der Waals surface area contributed by atoms with Crippen LogP contribution in [0, 0.1) is 0 Å². The maximum absolute atomic E-state index is 12.5. The smallest absolute Gasteiger partial charge is 0.449 e. The fraction of sp³-hybridized carbons (Fsp3) is 0.667. The molecular formula is C12H17F3N2O. The van der Waals surface area contributed by atoms with Gasteiger partial charge in [0.15, 0.2) is 0 Å². The Labute approximate surface area is 104 Å².